The predicted octanol–water partition coefficient (Wildman–Crippen LogP) is 2.81. The van der Waals surface area contributed by atoms with E-state index < -0.39 is 5.97 Å². The van der Waals surface area contributed by atoms with Gasteiger partial charge in [-0.05, 0) is 29.8 Å². The molecule has 1 aromatic heterocycles. The summed E-state index contributed by atoms with van der Waals surface area (Å²) >= 11 is 9.11. The molecular formula is C8H7BrClNO2. The molecule has 0 bridgehead atoms. The zero-order valence-electron chi connectivity index (χ0n) is 7.06. The lowest BCUT2D eigenvalue weighted by atomic mass is 10.2. The molecule has 0 aliphatic rings. The summed E-state index contributed by atoms with van der Waals surface area (Å²) in [5.41, 5.74) is 1.06. The van der Waals surface area contributed by atoms with E-state index in [4.69, 9.17) is 16.7 Å². The van der Waals surface area contributed by atoms with Crippen molar-refractivity contribution in [2.45, 2.75) is 13.8 Å². The van der Waals surface area contributed by atoms with Crippen LogP contribution in [0.15, 0.2) is 4.47 Å². The van der Waals surface area contributed by atoms with Gasteiger partial charge in [0.15, 0.2) is 5.69 Å². The van der Waals surface area contributed by atoms with Crippen LogP contribution in [0.3, 0.4) is 0 Å². The van der Waals surface area contributed by atoms with Gasteiger partial charge in [0.2, 0.25) is 0 Å². The Labute approximate surface area is 88.9 Å². The van der Waals surface area contributed by atoms with Gasteiger partial charge >= 0.3 is 5.97 Å². The number of nitrogens with zero attached hydrogens (tertiary/aromatic N) is 1. The standard InChI is InChI=1S/C8H7BrClNO2/c1-3-6(10)5(9)4(2)11-7(3)8(12)13/h1-2H3,(H,12,13). The molecule has 0 amide bonds. The number of aryl methyl sites for hydroxylation is 1. The average Bonchev–Trinajstić information content (AvgIpc) is 2.07. The fraction of sp³-hybridized carbons (Fsp3) is 0.250. The van der Waals surface area contributed by atoms with Crippen LogP contribution in [0.25, 0.3) is 0 Å². The van der Waals surface area contributed by atoms with Crippen LogP contribution < -0.4 is 0 Å². The van der Waals surface area contributed by atoms with E-state index in [0.717, 1.165) is 0 Å². The maximum Gasteiger partial charge on any atom is 0.354 e. The molecule has 0 fully saturated rings. The Balaban J connectivity index is 3.50. The van der Waals surface area contributed by atoms with Crippen LogP contribution in [-0.2, 0) is 0 Å². The van der Waals surface area contributed by atoms with Crippen molar-refractivity contribution in [2.75, 3.05) is 0 Å². The summed E-state index contributed by atoms with van der Waals surface area (Å²) in [6, 6.07) is 0. The quantitative estimate of drug-likeness (QED) is 0.848. The van der Waals surface area contributed by atoms with Crippen molar-refractivity contribution in [3.05, 3.63) is 26.4 Å². The first-order valence-corrected chi connectivity index (χ1v) is 4.67. The first-order valence-electron chi connectivity index (χ1n) is 3.50. The number of hydrogen-bond acceptors (Lipinski definition) is 2. The monoisotopic (exact) mass is 263 g/mol. The molecule has 0 radical (unpaired) electrons. The molecule has 5 heteroatoms. The molecule has 70 valence electrons. The van der Waals surface area contributed by atoms with Crippen LogP contribution in [0.1, 0.15) is 21.7 Å². The highest BCUT2D eigenvalue weighted by Gasteiger charge is 2.15. The van der Waals surface area contributed by atoms with E-state index in [9.17, 15) is 4.79 Å². The lowest BCUT2D eigenvalue weighted by Gasteiger charge is -2.06. The minimum atomic E-state index is -1.06. The number of carboxylic acids is 1. The topological polar surface area (TPSA) is 50.2 Å². The summed E-state index contributed by atoms with van der Waals surface area (Å²) in [6.07, 6.45) is 0. The van der Waals surface area contributed by atoms with Gasteiger partial charge < -0.3 is 5.11 Å². The third kappa shape index (κ3) is 1.84. The number of halogens is 2. The smallest absolute Gasteiger partial charge is 0.354 e. The minimum Gasteiger partial charge on any atom is -0.477 e. The number of rotatable bonds is 1. The number of pyridine rings is 1. The normalized spacial score (nSPS) is 10.2. The summed E-state index contributed by atoms with van der Waals surface area (Å²) in [7, 11) is 0. The Hall–Kier alpha value is -0.610. The van der Waals surface area contributed by atoms with Gasteiger partial charge in [0.1, 0.15) is 0 Å². The first kappa shape index (κ1) is 10.5. The third-order valence-corrected chi connectivity index (χ3v) is 3.35. The second-order valence-electron chi connectivity index (χ2n) is 2.60. The van der Waals surface area contributed by atoms with Gasteiger partial charge in [-0.15, -0.1) is 0 Å². The summed E-state index contributed by atoms with van der Waals surface area (Å²) in [5.74, 6) is -1.06. The Kier molecular flexibility index (Phi) is 2.93. The number of aromatic nitrogens is 1. The fourth-order valence-corrected chi connectivity index (χ4v) is 1.55. The molecule has 1 rings (SSSR count). The van der Waals surface area contributed by atoms with Crippen molar-refractivity contribution in [3.8, 4) is 0 Å². The van der Waals surface area contributed by atoms with E-state index in [2.05, 4.69) is 20.9 Å². The summed E-state index contributed by atoms with van der Waals surface area (Å²) < 4.78 is 0.650. The van der Waals surface area contributed by atoms with Gasteiger partial charge in [-0.25, -0.2) is 9.78 Å². The third-order valence-electron chi connectivity index (χ3n) is 1.68. The lowest BCUT2D eigenvalue weighted by molar-refractivity contribution is 0.0689. The largest absolute Gasteiger partial charge is 0.477 e. The van der Waals surface area contributed by atoms with E-state index in [1.807, 2.05) is 0 Å². The molecule has 0 aliphatic heterocycles. The van der Waals surface area contributed by atoms with Crippen LogP contribution in [0, 0.1) is 13.8 Å². The summed E-state index contributed by atoms with van der Waals surface area (Å²) in [6.45, 7) is 3.32. The highest BCUT2D eigenvalue weighted by Crippen LogP contribution is 2.29. The minimum absolute atomic E-state index is 0.00528. The second kappa shape index (κ2) is 3.64. The van der Waals surface area contributed by atoms with Crippen LogP contribution >= 0.6 is 27.5 Å². The number of hydrogen-bond donors (Lipinski definition) is 1. The number of aromatic carboxylic acids is 1. The highest BCUT2D eigenvalue weighted by atomic mass is 79.9. The van der Waals surface area contributed by atoms with Crippen molar-refractivity contribution in [1.82, 2.24) is 4.98 Å². The van der Waals surface area contributed by atoms with Gasteiger partial charge in [-0.3, -0.25) is 0 Å². The molecule has 0 spiro atoms. The Morgan fingerprint density at radius 1 is 1.54 bits per heavy atom. The van der Waals surface area contributed by atoms with Gasteiger partial charge in [-0.2, -0.15) is 0 Å². The van der Waals surface area contributed by atoms with Gasteiger partial charge in [0, 0.05) is 5.56 Å². The first-order chi connectivity index (χ1) is 5.95. The highest BCUT2D eigenvalue weighted by molar-refractivity contribution is 9.10. The molecule has 0 aliphatic carbocycles. The van der Waals surface area contributed by atoms with E-state index in [-0.39, 0.29) is 5.69 Å². The molecule has 0 atom stereocenters. The lowest BCUT2D eigenvalue weighted by Crippen LogP contribution is -2.05. The zero-order valence-corrected chi connectivity index (χ0v) is 9.40. The number of carbonyl (C=O) groups is 1. The van der Waals surface area contributed by atoms with Crippen LogP contribution in [-0.4, -0.2) is 16.1 Å². The molecule has 13 heavy (non-hydrogen) atoms. The number of carboxylic acid groups (broad SMARTS) is 1. The SMILES string of the molecule is Cc1nc(C(=O)O)c(C)c(Cl)c1Br. The maximum absolute atomic E-state index is 10.7. The van der Waals surface area contributed by atoms with Crippen molar-refractivity contribution >= 4 is 33.5 Å². The van der Waals surface area contributed by atoms with Crippen molar-refractivity contribution < 1.29 is 9.90 Å². The van der Waals surface area contributed by atoms with E-state index in [1.165, 1.54) is 0 Å². The maximum atomic E-state index is 10.7. The second-order valence-corrected chi connectivity index (χ2v) is 3.77. The molecule has 0 aromatic carbocycles. The predicted molar refractivity (Wildman–Crippen MR) is 53.4 cm³/mol. The van der Waals surface area contributed by atoms with Crippen molar-refractivity contribution in [1.29, 1.82) is 0 Å². The molecule has 1 aromatic rings. The fourth-order valence-electron chi connectivity index (χ4n) is 0.936. The Morgan fingerprint density at radius 3 is 2.54 bits per heavy atom. The average molecular weight is 265 g/mol. The van der Waals surface area contributed by atoms with Crippen LogP contribution in [0.2, 0.25) is 5.02 Å². The van der Waals surface area contributed by atoms with Gasteiger partial charge in [-0.1, -0.05) is 11.6 Å². The van der Waals surface area contributed by atoms with E-state index in [0.29, 0.717) is 20.8 Å². The Morgan fingerprint density at radius 2 is 2.08 bits per heavy atom. The molecule has 0 saturated heterocycles. The van der Waals surface area contributed by atoms with Crippen LogP contribution in [0.5, 0.6) is 0 Å². The molecule has 1 N–H and O–H groups in total. The summed E-state index contributed by atoms with van der Waals surface area (Å²) in [4.78, 5) is 14.6. The molecule has 3 nitrogen and oxygen atoms in total. The Bertz CT molecular complexity index is 379. The van der Waals surface area contributed by atoms with Crippen molar-refractivity contribution in [3.63, 3.8) is 0 Å². The zero-order chi connectivity index (χ0) is 10.2. The van der Waals surface area contributed by atoms with Crippen molar-refractivity contribution in [2.24, 2.45) is 0 Å². The summed E-state index contributed by atoms with van der Waals surface area (Å²) in [5, 5.41) is 9.18. The molecule has 0 saturated carbocycles. The van der Waals surface area contributed by atoms with E-state index >= 15 is 0 Å². The molecule has 0 unspecified atom stereocenters. The van der Waals surface area contributed by atoms with Gasteiger partial charge in [0.05, 0.1) is 15.2 Å². The van der Waals surface area contributed by atoms with Gasteiger partial charge in [0.25, 0.3) is 0 Å². The molecule has 1 heterocycles. The van der Waals surface area contributed by atoms with E-state index in [1.54, 1.807) is 13.8 Å². The van der Waals surface area contributed by atoms with Crippen LogP contribution in [0.4, 0.5) is 0 Å². The molecular weight excluding hydrogens is 257 g/mol.